The van der Waals surface area contributed by atoms with E-state index in [-0.39, 0.29) is 0 Å². The molecule has 135 heavy (non-hydrogen) atoms. The normalized spacial score (nSPS) is 11.2. The molecule has 0 atom stereocenters. The second-order valence-electron chi connectivity index (χ2n) is 33.5. The van der Waals surface area contributed by atoms with E-state index in [0.717, 1.165) is 212 Å². The molecule has 9 heterocycles. The molecule has 0 bridgehead atoms. The largest absolute Gasteiger partial charge is 0.251 e. The first-order chi connectivity index (χ1) is 66.6. The second kappa shape index (κ2) is 36.9. The molecule has 0 aliphatic heterocycles. The quantitative estimate of drug-likeness (QED) is 0.0897. The first-order valence-corrected chi connectivity index (χ1v) is 45.2. The lowest BCUT2D eigenvalue weighted by Crippen LogP contribution is -1.98. The van der Waals surface area contributed by atoms with E-state index in [0.29, 0.717) is 23.2 Å². The van der Waals surface area contributed by atoms with Crippen molar-refractivity contribution in [2.75, 3.05) is 0 Å². The lowest BCUT2D eigenvalue weighted by atomic mass is 9.98. The Morgan fingerprint density at radius 3 is 0.644 bits per heavy atom. The smallest absolute Gasteiger partial charge is 0.179 e. The Kier molecular flexibility index (Phi) is 22.6. The zero-order valence-electron chi connectivity index (χ0n) is 74.2. The van der Waals surface area contributed by atoms with E-state index in [9.17, 15) is 0 Å². The van der Waals surface area contributed by atoms with E-state index in [1.807, 2.05) is 154 Å². The summed E-state index contributed by atoms with van der Waals surface area (Å²) in [5.74, 6) is 1.90. The van der Waals surface area contributed by atoms with Crippen molar-refractivity contribution in [2.45, 2.75) is 20.8 Å². The van der Waals surface area contributed by atoms with Crippen molar-refractivity contribution in [1.82, 2.24) is 59.8 Å². The maximum atomic E-state index is 5.22. The fourth-order valence-electron chi connectivity index (χ4n) is 17.7. The van der Waals surface area contributed by atoms with Gasteiger partial charge < -0.3 is 0 Å². The Bertz CT molecular complexity index is 7690. The third-order valence-corrected chi connectivity index (χ3v) is 24.5. The molecule has 15 aromatic carbocycles. The number of hydrogen-bond donors (Lipinski definition) is 0. The monoisotopic (exact) mass is 1730 g/mol. The number of fused-ring (bicyclic) bond motifs is 9. The minimum Gasteiger partial charge on any atom is -0.251 e. The molecule has 0 aliphatic carbocycles. The SMILES string of the molecule is Cc1cc(-c2ccccc2)c2ccc3ccc(-c4cc(-c5ccc(-c6ccccc6)cc5)nc(-c5ccccc5)n4)nc3c2n1.Cc1cc(-c2ccccc2)c2ccc3ccc(-c4cc(-c5ccccc5)nc(-c5ccc(-c6ccccc6)cc5)n4)nc3c2n1.Cc1cc(-c2ccccc2)c2ccc3ccc(-c4nc(-c5ccccc5)cc(-c5ccc(-c6ccccc6)cc5)n4)nc3c2n1. The molecule has 0 unspecified atom stereocenters. The minimum absolute atomic E-state index is 0.577. The highest BCUT2D eigenvalue weighted by molar-refractivity contribution is 6.12. The van der Waals surface area contributed by atoms with Crippen LogP contribution in [0, 0.1) is 20.8 Å². The van der Waals surface area contributed by atoms with Gasteiger partial charge >= 0.3 is 0 Å². The molecule has 24 aromatic rings. The summed E-state index contributed by atoms with van der Waals surface area (Å²) in [6.07, 6.45) is 0. The topological polar surface area (TPSA) is 155 Å². The lowest BCUT2D eigenvalue weighted by molar-refractivity contribution is 1.16. The average Bonchev–Trinajstić information content (AvgIpc) is 0.759. The van der Waals surface area contributed by atoms with Gasteiger partial charge in [0, 0.05) is 82.8 Å². The zero-order chi connectivity index (χ0) is 90.5. The summed E-state index contributed by atoms with van der Waals surface area (Å²) in [5, 5.41) is 6.34. The van der Waals surface area contributed by atoms with Crippen LogP contribution in [0.2, 0.25) is 0 Å². The van der Waals surface area contributed by atoms with Gasteiger partial charge in [-0.1, -0.05) is 400 Å². The van der Waals surface area contributed by atoms with Gasteiger partial charge in [0.2, 0.25) is 0 Å². The van der Waals surface area contributed by atoms with Gasteiger partial charge in [0.1, 0.15) is 5.69 Å². The molecule has 24 rings (SSSR count). The van der Waals surface area contributed by atoms with Crippen LogP contribution in [0.1, 0.15) is 17.1 Å². The van der Waals surface area contributed by atoms with E-state index in [4.69, 9.17) is 59.8 Å². The summed E-state index contributed by atoms with van der Waals surface area (Å²) in [5.41, 5.74) is 35.2. The van der Waals surface area contributed by atoms with Crippen LogP contribution in [0.4, 0.5) is 0 Å². The summed E-state index contributed by atoms with van der Waals surface area (Å²) in [6, 6.07) is 157. The van der Waals surface area contributed by atoms with Gasteiger partial charge in [-0.2, -0.15) is 0 Å². The predicted octanol–water partition coefficient (Wildman–Crippen LogP) is 30.6. The van der Waals surface area contributed by atoms with Crippen LogP contribution in [0.3, 0.4) is 0 Å². The van der Waals surface area contributed by atoms with Gasteiger partial charge in [-0.25, -0.2) is 44.9 Å². The number of hydrogen-bond acceptors (Lipinski definition) is 12. The number of nitrogens with zero attached hydrogens (tertiary/aromatic N) is 12. The van der Waals surface area contributed by atoms with Crippen molar-refractivity contribution in [3.63, 3.8) is 0 Å². The maximum Gasteiger partial charge on any atom is 0.179 e. The fraction of sp³-hybridized carbons (Fsp3) is 0.0244. The van der Waals surface area contributed by atoms with E-state index in [2.05, 4.69) is 322 Å². The van der Waals surface area contributed by atoms with Crippen LogP contribution in [0.25, 0.3) is 234 Å². The zero-order valence-corrected chi connectivity index (χ0v) is 74.2. The third kappa shape index (κ3) is 17.4. The van der Waals surface area contributed by atoms with Gasteiger partial charge in [0.05, 0.1) is 78.7 Å². The molecule has 12 nitrogen and oxygen atoms in total. The van der Waals surface area contributed by atoms with Crippen molar-refractivity contribution < 1.29 is 0 Å². The molecule has 0 amide bonds. The third-order valence-electron chi connectivity index (χ3n) is 24.5. The van der Waals surface area contributed by atoms with Gasteiger partial charge in [-0.3, -0.25) is 15.0 Å². The van der Waals surface area contributed by atoms with Crippen LogP contribution in [0.15, 0.2) is 455 Å². The number of rotatable bonds is 15. The molecule has 12 heteroatoms. The van der Waals surface area contributed by atoms with E-state index in [1.54, 1.807) is 0 Å². The van der Waals surface area contributed by atoms with Crippen molar-refractivity contribution in [1.29, 1.82) is 0 Å². The lowest BCUT2D eigenvalue weighted by Gasteiger charge is -2.12. The molecule has 0 radical (unpaired) electrons. The Hall–Kier alpha value is -18.0. The molecule has 0 saturated heterocycles. The number of benzene rings is 15. The van der Waals surface area contributed by atoms with Gasteiger partial charge in [0.15, 0.2) is 17.5 Å². The van der Waals surface area contributed by atoms with Gasteiger partial charge in [0.25, 0.3) is 0 Å². The highest BCUT2D eigenvalue weighted by atomic mass is 14.9. The van der Waals surface area contributed by atoms with Crippen molar-refractivity contribution >= 4 is 65.4 Å². The van der Waals surface area contributed by atoms with E-state index >= 15 is 0 Å². The molecule has 0 saturated carbocycles. The van der Waals surface area contributed by atoms with Gasteiger partial charge in [-0.05, 0) is 142 Å². The molecule has 0 fully saturated rings. The molecule has 636 valence electrons. The van der Waals surface area contributed by atoms with Crippen molar-refractivity contribution in [3.8, 4) is 169 Å². The Labute approximate surface area is 781 Å². The Morgan fingerprint density at radius 1 is 0.126 bits per heavy atom. The molecular formula is C123H84N12. The minimum atomic E-state index is 0.577. The molecule has 9 aromatic heterocycles. The molecular weight excluding hydrogens is 1650 g/mol. The maximum absolute atomic E-state index is 5.22. The summed E-state index contributed by atoms with van der Waals surface area (Å²) in [4.78, 5) is 60.9. The van der Waals surface area contributed by atoms with Crippen LogP contribution in [-0.2, 0) is 0 Å². The van der Waals surface area contributed by atoms with E-state index < -0.39 is 0 Å². The number of aryl methyl sites for hydroxylation is 3. The summed E-state index contributed by atoms with van der Waals surface area (Å²) < 4.78 is 0. The fourth-order valence-corrected chi connectivity index (χ4v) is 17.7. The van der Waals surface area contributed by atoms with Crippen molar-refractivity contribution in [3.05, 3.63) is 472 Å². The average molecular weight is 1730 g/mol. The van der Waals surface area contributed by atoms with Crippen LogP contribution < -0.4 is 0 Å². The number of pyridine rings is 6. The van der Waals surface area contributed by atoms with Crippen LogP contribution in [-0.4, -0.2) is 59.8 Å². The standard InChI is InChI=1S/3C41H28N4/c1-27-25-35(30-13-7-3-8-14-30)34-23-21-32-22-24-36(43-39(32)40(34)42-27)38-26-37(44-41(45-38)33-15-9-4-10-16-33)31-19-17-29(18-20-31)28-11-5-2-6-12-28;1-27-25-35(30-13-7-3-8-14-30)34-23-21-32-22-24-36(43-39(32)40(34)42-27)38-26-37(31-15-9-4-10-16-31)44-41(45-38)33-19-17-29(18-20-33)28-11-5-2-6-12-28;1-27-25-35(30-13-7-3-8-14-30)34-23-21-33-22-24-36(43-39(33)40(34)42-27)41-44-37(31-15-9-4-10-16-31)26-38(45-41)32-19-17-29(18-20-32)28-11-5-2-6-12-28/h3*2-26H,1H3. The molecule has 0 spiro atoms. The summed E-state index contributed by atoms with van der Waals surface area (Å²) in [7, 11) is 0. The van der Waals surface area contributed by atoms with Crippen LogP contribution in [0.5, 0.6) is 0 Å². The summed E-state index contributed by atoms with van der Waals surface area (Å²) >= 11 is 0. The predicted molar refractivity (Wildman–Crippen MR) is 554 cm³/mol. The first-order valence-electron chi connectivity index (χ1n) is 45.2. The second-order valence-corrected chi connectivity index (χ2v) is 33.5. The molecule has 0 aliphatic rings. The van der Waals surface area contributed by atoms with Crippen molar-refractivity contribution in [2.24, 2.45) is 0 Å². The van der Waals surface area contributed by atoms with E-state index in [1.165, 1.54) is 16.7 Å². The first kappa shape index (κ1) is 82.7. The molecule has 0 N–H and O–H groups in total. The van der Waals surface area contributed by atoms with Crippen LogP contribution >= 0.6 is 0 Å². The Balaban J connectivity index is 0.000000118. The summed E-state index contributed by atoms with van der Waals surface area (Å²) in [6.45, 7) is 6.12. The van der Waals surface area contributed by atoms with Gasteiger partial charge in [-0.15, -0.1) is 0 Å². The number of aromatic nitrogens is 12. The Morgan fingerprint density at radius 2 is 0.333 bits per heavy atom. The highest BCUT2D eigenvalue weighted by Gasteiger charge is 2.22. The highest BCUT2D eigenvalue weighted by Crippen LogP contribution is 2.41.